The zero-order valence-corrected chi connectivity index (χ0v) is 12.4. The number of rotatable bonds is 5. The van der Waals surface area contributed by atoms with Gasteiger partial charge >= 0.3 is 6.29 Å². The lowest BCUT2D eigenvalue weighted by molar-refractivity contribution is -0.385. The van der Waals surface area contributed by atoms with Gasteiger partial charge in [-0.25, -0.2) is 0 Å². The highest BCUT2D eigenvalue weighted by atomic mass is 19.3. The van der Waals surface area contributed by atoms with E-state index < -0.39 is 22.7 Å². The van der Waals surface area contributed by atoms with Gasteiger partial charge in [0.25, 0.3) is 5.69 Å². The average molecular weight is 339 g/mol. The van der Waals surface area contributed by atoms with Crippen LogP contribution in [0.25, 0.3) is 0 Å². The Kier molecular flexibility index (Phi) is 3.70. The molecule has 1 aromatic carbocycles. The van der Waals surface area contributed by atoms with Crippen molar-refractivity contribution < 1.29 is 32.4 Å². The van der Waals surface area contributed by atoms with Crippen molar-refractivity contribution in [2.75, 3.05) is 0 Å². The van der Waals surface area contributed by atoms with Gasteiger partial charge in [-0.1, -0.05) is 0 Å². The lowest BCUT2D eigenvalue weighted by Gasteiger charge is -2.04. The molecule has 0 saturated carbocycles. The van der Waals surface area contributed by atoms with Crippen molar-refractivity contribution in [3.8, 4) is 11.5 Å². The molecule has 0 amide bonds. The first-order valence-corrected chi connectivity index (χ1v) is 6.88. The summed E-state index contributed by atoms with van der Waals surface area (Å²) in [5, 5.41) is 11.1. The molecule has 1 aliphatic heterocycles. The Balaban J connectivity index is 1.84. The molecule has 2 heterocycles. The number of carbonyl (C=O) groups excluding carboxylic acids is 1. The Morgan fingerprint density at radius 3 is 2.46 bits per heavy atom. The predicted octanol–water partition coefficient (Wildman–Crippen LogP) is 3.17. The van der Waals surface area contributed by atoms with Crippen molar-refractivity contribution in [3.05, 3.63) is 51.5 Å². The van der Waals surface area contributed by atoms with Gasteiger partial charge in [-0.2, -0.15) is 0 Å². The van der Waals surface area contributed by atoms with Crippen LogP contribution >= 0.6 is 0 Å². The summed E-state index contributed by atoms with van der Waals surface area (Å²) in [6.45, 7) is 1.72. The van der Waals surface area contributed by atoms with Crippen molar-refractivity contribution in [1.29, 1.82) is 0 Å². The molecule has 9 heteroatoms. The van der Waals surface area contributed by atoms with Crippen LogP contribution in [0.3, 0.4) is 0 Å². The minimum absolute atomic E-state index is 0.0340. The van der Waals surface area contributed by atoms with E-state index in [1.54, 1.807) is 19.1 Å². The van der Waals surface area contributed by atoms with Crippen LogP contribution in [0.5, 0.6) is 11.5 Å². The van der Waals surface area contributed by atoms with Crippen molar-refractivity contribution in [2.24, 2.45) is 0 Å². The van der Waals surface area contributed by atoms with E-state index in [0.29, 0.717) is 11.5 Å². The Morgan fingerprint density at radius 1 is 1.21 bits per heavy atom. The number of Topliss-reactive ketones (excluding diaryl/α,β-unsaturated/α-hetero) is 1. The molecule has 0 atom stereocenters. The molecule has 1 aromatic heterocycles. The van der Waals surface area contributed by atoms with Gasteiger partial charge in [0.1, 0.15) is 17.3 Å². The minimum Gasteiger partial charge on any atom is -0.466 e. The van der Waals surface area contributed by atoms with E-state index >= 15 is 0 Å². The minimum atomic E-state index is -3.88. The van der Waals surface area contributed by atoms with Crippen LogP contribution < -0.4 is 9.47 Å². The molecule has 0 bridgehead atoms. The van der Waals surface area contributed by atoms with Crippen molar-refractivity contribution >= 4 is 11.5 Å². The van der Waals surface area contributed by atoms with E-state index in [0.717, 1.165) is 12.1 Å². The van der Waals surface area contributed by atoms with Crippen LogP contribution in [0.2, 0.25) is 0 Å². The van der Waals surface area contributed by atoms with Crippen LogP contribution in [0.15, 0.2) is 28.7 Å². The molecule has 0 spiro atoms. The zero-order valence-electron chi connectivity index (χ0n) is 12.4. The largest absolute Gasteiger partial charge is 0.586 e. The number of fused-ring (bicyclic) bond motifs is 1. The third kappa shape index (κ3) is 3.19. The molecule has 3 rings (SSSR count). The smallest absolute Gasteiger partial charge is 0.466 e. The van der Waals surface area contributed by atoms with Crippen LogP contribution in [0, 0.1) is 17.0 Å². The number of furan rings is 1. The summed E-state index contributed by atoms with van der Waals surface area (Å²) in [7, 11) is 0. The molecule has 0 N–H and O–H groups in total. The molecule has 2 aromatic rings. The molecule has 0 unspecified atom stereocenters. The second kappa shape index (κ2) is 5.59. The number of benzene rings is 1. The molecule has 24 heavy (non-hydrogen) atoms. The Bertz CT molecular complexity index is 829. The van der Waals surface area contributed by atoms with E-state index in [4.69, 9.17) is 4.42 Å². The number of ketones is 1. The maximum Gasteiger partial charge on any atom is 0.586 e. The summed E-state index contributed by atoms with van der Waals surface area (Å²) in [5.74, 6) is -0.0913. The third-order valence-corrected chi connectivity index (χ3v) is 3.35. The first kappa shape index (κ1) is 15.9. The third-order valence-electron chi connectivity index (χ3n) is 3.35. The fourth-order valence-electron chi connectivity index (χ4n) is 2.39. The predicted molar refractivity (Wildman–Crippen MR) is 75.2 cm³/mol. The summed E-state index contributed by atoms with van der Waals surface area (Å²) in [4.78, 5) is 22.4. The van der Waals surface area contributed by atoms with Crippen molar-refractivity contribution in [1.82, 2.24) is 0 Å². The normalized spacial score (nSPS) is 14.6. The quantitative estimate of drug-likeness (QED) is 0.614. The number of nitro groups is 1. The number of alkyl halides is 2. The Morgan fingerprint density at radius 2 is 1.88 bits per heavy atom. The van der Waals surface area contributed by atoms with Gasteiger partial charge in [0.2, 0.25) is 0 Å². The van der Waals surface area contributed by atoms with E-state index in [2.05, 4.69) is 9.47 Å². The van der Waals surface area contributed by atoms with E-state index in [9.17, 15) is 23.7 Å². The summed E-state index contributed by atoms with van der Waals surface area (Å²) in [6.07, 6.45) is -4.27. The van der Waals surface area contributed by atoms with Gasteiger partial charge in [-0.3, -0.25) is 14.9 Å². The molecule has 7 nitrogen and oxygen atoms in total. The van der Waals surface area contributed by atoms with Crippen LogP contribution in [-0.2, 0) is 17.6 Å². The highest BCUT2D eigenvalue weighted by Gasteiger charge is 2.44. The van der Waals surface area contributed by atoms with Crippen molar-refractivity contribution in [2.45, 2.75) is 26.1 Å². The molecule has 0 fully saturated rings. The molecule has 1 aliphatic rings. The highest BCUT2D eigenvalue weighted by molar-refractivity contribution is 5.84. The molecular weight excluding hydrogens is 328 g/mol. The lowest BCUT2D eigenvalue weighted by Crippen LogP contribution is -2.25. The number of ether oxygens (including phenoxy) is 2. The topological polar surface area (TPSA) is 91.8 Å². The first-order chi connectivity index (χ1) is 11.2. The Labute approximate surface area is 133 Å². The number of aryl methyl sites for hydroxylation is 1. The summed E-state index contributed by atoms with van der Waals surface area (Å²) >= 11 is 0. The van der Waals surface area contributed by atoms with Gasteiger partial charge in [-0.05, 0) is 25.1 Å². The average Bonchev–Trinajstić information content (AvgIpc) is 2.98. The highest BCUT2D eigenvalue weighted by Crippen LogP contribution is 2.44. The maximum absolute atomic E-state index is 13.1. The van der Waals surface area contributed by atoms with Gasteiger partial charge in [0, 0.05) is 12.0 Å². The van der Waals surface area contributed by atoms with Crippen LogP contribution in [0.4, 0.5) is 14.5 Å². The number of nitrogens with zero attached hydrogens (tertiary/aromatic N) is 1. The first-order valence-electron chi connectivity index (χ1n) is 6.88. The van der Waals surface area contributed by atoms with E-state index in [1.807, 2.05) is 0 Å². The monoisotopic (exact) mass is 339 g/mol. The van der Waals surface area contributed by atoms with Gasteiger partial charge in [0.15, 0.2) is 11.5 Å². The van der Waals surface area contributed by atoms with Gasteiger partial charge in [-0.15, -0.1) is 8.78 Å². The fraction of sp³-hybridized carbons (Fsp3) is 0.267. The van der Waals surface area contributed by atoms with E-state index in [1.165, 1.54) is 0 Å². The number of hydrogen-bond donors (Lipinski definition) is 0. The lowest BCUT2D eigenvalue weighted by atomic mass is 10.0. The van der Waals surface area contributed by atoms with Crippen LogP contribution in [0.1, 0.15) is 17.1 Å². The SMILES string of the molecule is Cc1ccc(CC(=O)Cc2cc3c(cc2[N+](=O)[O-])OC(F)(F)O3)o1. The fourth-order valence-corrected chi connectivity index (χ4v) is 2.39. The maximum atomic E-state index is 13.1. The Hall–Kier alpha value is -2.97. The molecule has 0 radical (unpaired) electrons. The second-order valence-corrected chi connectivity index (χ2v) is 5.26. The summed E-state index contributed by atoms with van der Waals surface area (Å²) in [6, 6.07) is 5.17. The number of carbonyl (C=O) groups is 1. The number of nitro benzene ring substituents is 1. The van der Waals surface area contributed by atoms with E-state index in [-0.39, 0.29) is 29.9 Å². The zero-order chi connectivity index (χ0) is 17.5. The van der Waals surface area contributed by atoms with Crippen LogP contribution in [-0.4, -0.2) is 17.0 Å². The van der Waals surface area contributed by atoms with Crippen molar-refractivity contribution in [3.63, 3.8) is 0 Å². The van der Waals surface area contributed by atoms with Gasteiger partial charge in [0.05, 0.1) is 17.4 Å². The number of hydrogen-bond acceptors (Lipinski definition) is 6. The molecule has 126 valence electrons. The number of halogens is 2. The second-order valence-electron chi connectivity index (χ2n) is 5.26. The van der Waals surface area contributed by atoms with Gasteiger partial charge < -0.3 is 13.9 Å². The summed E-state index contributed by atoms with van der Waals surface area (Å²) < 4.78 is 39.8. The molecule has 0 aliphatic carbocycles. The molecular formula is C15H11F2NO6. The molecule has 0 saturated heterocycles. The summed E-state index contributed by atoms with van der Waals surface area (Å²) in [5.41, 5.74) is -0.521. The standard InChI is InChI=1S/C15H11F2NO6/c1-8-2-3-11(22-8)6-10(19)4-9-5-13-14(7-12(9)18(20)21)24-15(16,17)23-13/h2-3,5,7H,4,6H2,1H3.